The number of aromatic nitrogens is 2. The molecule has 0 saturated carbocycles. The van der Waals surface area contributed by atoms with E-state index in [0.717, 1.165) is 22.5 Å². The SMILES string of the molecule is Cc1cccnc1[C@H]1CC(C#N)C[C@@H](c2ncccc2C)N1C(=O)OC(C)(C)C. The van der Waals surface area contributed by atoms with Gasteiger partial charge < -0.3 is 4.74 Å². The molecule has 0 aromatic carbocycles. The zero-order chi connectivity index (χ0) is 21.2. The molecule has 6 heteroatoms. The van der Waals surface area contributed by atoms with Crippen LogP contribution < -0.4 is 0 Å². The first kappa shape index (κ1) is 20.8. The molecule has 1 unspecified atom stereocenters. The van der Waals surface area contributed by atoms with Crippen molar-refractivity contribution in [2.45, 2.75) is 65.1 Å². The Morgan fingerprint density at radius 2 is 1.55 bits per heavy atom. The number of carbonyl (C=O) groups excluding carboxylic acids is 1. The molecule has 0 spiro atoms. The van der Waals surface area contributed by atoms with Crippen LogP contribution in [0.5, 0.6) is 0 Å². The molecule has 152 valence electrons. The highest BCUT2D eigenvalue weighted by Crippen LogP contribution is 2.45. The van der Waals surface area contributed by atoms with Gasteiger partial charge in [-0.3, -0.25) is 14.9 Å². The molecule has 3 heterocycles. The maximum atomic E-state index is 13.4. The topological polar surface area (TPSA) is 79.1 Å². The quantitative estimate of drug-likeness (QED) is 0.715. The summed E-state index contributed by atoms with van der Waals surface area (Å²) in [5, 5.41) is 9.74. The molecule has 3 rings (SSSR count). The van der Waals surface area contributed by atoms with Crippen molar-refractivity contribution in [1.29, 1.82) is 5.26 Å². The van der Waals surface area contributed by atoms with Crippen molar-refractivity contribution in [1.82, 2.24) is 14.9 Å². The second-order valence-corrected chi connectivity index (χ2v) is 8.63. The minimum Gasteiger partial charge on any atom is -0.444 e. The molecular formula is C23H28N4O2. The number of carbonyl (C=O) groups is 1. The summed E-state index contributed by atoms with van der Waals surface area (Å²) >= 11 is 0. The van der Waals surface area contributed by atoms with Crippen LogP contribution in [-0.2, 0) is 4.74 Å². The highest BCUT2D eigenvalue weighted by Gasteiger charge is 2.44. The third-order valence-electron chi connectivity index (χ3n) is 5.21. The van der Waals surface area contributed by atoms with E-state index in [1.165, 1.54) is 0 Å². The number of pyridine rings is 2. The van der Waals surface area contributed by atoms with Crippen molar-refractivity contribution in [3.05, 3.63) is 59.2 Å². The summed E-state index contributed by atoms with van der Waals surface area (Å²) in [6, 6.07) is 9.42. The fourth-order valence-corrected chi connectivity index (χ4v) is 3.93. The van der Waals surface area contributed by atoms with Gasteiger partial charge >= 0.3 is 6.09 Å². The minimum atomic E-state index is -0.628. The van der Waals surface area contributed by atoms with Gasteiger partial charge in [0.2, 0.25) is 0 Å². The Bertz CT molecular complexity index is 873. The first-order chi connectivity index (χ1) is 13.7. The molecule has 1 fully saturated rings. The van der Waals surface area contributed by atoms with Crippen LogP contribution in [0.4, 0.5) is 4.79 Å². The normalized spacial score (nSPS) is 22.1. The van der Waals surface area contributed by atoms with Gasteiger partial charge in [-0.1, -0.05) is 12.1 Å². The van der Waals surface area contributed by atoms with Crippen LogP contribution in [0.25, 0.3) is 0 Å². The monoisotopic (exact) mass is 392 g/mol. The molecule has 1 saturated heterocycles. The van der Waals surface area contributed by atoms with Gasteiger partial charge in [-0.15, -0.1) is 0 Å². The minimum absolute atomic E-state index is 0.202. The second-order valence-electron chi connectivity index (χ2n) is 8.63. The lowest BCUT2D eigenvalue weighted by molar-refractivity contribution is -0.0127. The fourth-order valence-electron chi connectivity index (χ4n) is 3.93. The van der Waals surface area contributed by atoms with Crippen LogP contribution in [0.1, 0.15) is 68.2 Å². The molecule has 3 atom stereocenters. The maximum absolute atomic E-state index is 13.4. The highest BCUT2D eigenvalue weighted by atomic mass is 16.6. The number of nitriles is 1. The van der Waals surface area contributed by atoms with E-state index >= 15 is 0 Å². The zero-order valence-corrected chi connectivity index (χ0v) is 17.7. The number of piperidine rings is 1. The van der Waals surface area contributed by atoms with Crippen LogP contribution in [0.3, 0.4) is 0 Å². The standard InChI is InChI=1S/C23H28N4O2/c1-15-8-6-10-25-20(15)18-12-17(14-24)13-19(21-16(2)9-7-11-26-21)27(18)22(28)29-23(3,4)5/h6-11,17-19H,12-13H2,1-5H3/t17?,18-,19+. The molecule has 2 aromatic heterocycles. The van der Waals surface area contributed by atoms with Crippen LogP contribution >= 0.6 is 0 Å². The predicted molar refractivity (Wildman–Crippen MR) is 110 cm³/mol. The zero-order valence-electron chi connectivity index (χ0n) is 17.7. The molecule has 2 aromatic rings. The molecule has 0 radical (unpaired) electrons. The van der Waals surface area contributed by atoms with Crippen molar-refractivity contribution in [3.63, 3.8) is 0 Å². The summed E-state index contributed by atoms with van der Waals surface area (Å²) in [4.78, 5) is 24.3. The van der Waals surface area contributed by atoms with Gasteiger partial charge in [0.05, 0.1) is 35.5 Å². The Labute approximate surface area is 172 Å². The summed E-state index contributed by atoms with van der Waals surface area (Å²) in [5.74, 6) is -0.202. The average Bonchev–Trinajstić information content (AvgIpc) is 2.66. The summed E-state index contributed by atoms with van der Waals surface area (Å²) in [6.45, 7) is 9.53. The Hall–Kier alpha value is -2.94. The number of amides is 1. The number of likely N-dealkylation sites (tertiary alicyclic amines) is 1. The number of ether oxygens (including phenoxy) is 1. The van der Waals surface area contributed by atoms with Crippen molar-refractivity contribution >= 4 is 6.09 Å². The lowest BCUT2D eigenvalue weighted by Crippen LogP contribution is -2.46. The number of nitrogens with zero attached hydrogens (tertiary/aromatic N) is 4. The fraction of sp³-hybridized carbons (Fsp3) is 0.478. The molecule has 1 amide bonds. The van der Waals surface area contributed by atoms with Gasteiger partial charge in [-0.05, 0) is 70.7 Å². The van der Waals surface area contributed by atoms with Gasteiger partial charge in [0.25, 0.3) is 0 Å². The number of aryl methyl sites for hydroxylation is 2. The molecule has 6 nitrogen and oxygen atoms in total. The molecule has 1 aliphatic rings. The number of hydrogen-bond donors (Lipinski definition) is 0. The van der Waals surface area contributed by atoms with Gasteiger partial charge in [-0.25, -0.2) is 4.79 Å². The van der Waals surface area contributed by atoms with Crippen LogP contribution in [0, 0.1) is 31.1 Å². The van der Waals surface area contributed by atoms with Crippen LogP contribution in [0.2, 0.25) is 0 Å². The van der Waals surface area contributed by atoms with Gasteiger partial charge in [-0.2, -0.15) is 5.26 Å². The smallest absolute Gasteiger partial charge is 0.411 e. The maximum Gasteiger partial charge on any atom is 0.411 e. The average molecular weight is 393 g/mol. The van der Waals surface area contributed by atoms with Gasteiger partial charge in [0.1, 0.15) is 5.60 Å². The molecule has 0 aliphatic carbocycles. The summed E-state index contributed by atoms with van der Waals surface area (Å²) < 4.78 is 5.78. The molecule has 0 N–H and O–H groups in total. The van der Waals surface area contributed by atoms with Crippen molar-refractivity contribution < 1.29 is 9.53 Å². The number of hydrogen-bond acceptors (Lipinski definition) is 5. The van der Waals surface area contributed by atoms with Crippen LogP contribution in [0.15, 0.2) is 36.7 Å². The predicted octanol–water partition coefficient (Wildman–Crippen LogP) is 5.05. The second kappa shape index (κ2) is 8.20. The first-order valence-corrected chi connectivity index (χ1v) is 9.95. The van der Waals surface area contributed by atoms with Crippen LogP contribution in [-0.4, -0.2) is 26.6 Å². The van der Waals surface area contributed by atoms with Crippen molar-refractivity contribution in [2.75, 3.05) is 0 Å². The van der Waals surface area contributed by atoms with E-state index in [1.807, 2.05) is 58.9 Å². The Balaban J connectivity index is 2.13. The molecular weight excluding hydrogens is 364 g/mol. The van der Waals surface area contributed by atoms with E-state index in [-0.39, 0.29) is 18.0 Å². The van der Waals surface area contributed by atoms with E-state index in [0.29, 0.717) is 12.8 Å². The Morgan fingerprint density at radius 3 is 1.93 bits per heavy atom. The lowest BCUT2D eigenvalue weighted by Gasteiger charge is -2.44. The van der Waals surface area contributed by atoms with E-state index < -0.39 is 11.7 Å². The molecule has 0 bridgehead atoms. The largest absolute Gasteiger partial charge is 0.444 e. The van der Waals surface area contributed by atoms with E-state index in [1.54, 1.807) is 17.3 Å². The number of rotatable bonds is 2. The summed E-state index contributed by atoms with van der Waals surface area (Å²) in [7, 11) is 0. The van der Waals surface area contributed by atoms with E-state index in [2.05, 4.69) is 16.0 Å². The summed E-state index contributed by atoms with van der Waals surface area (Å²) in [6.07, 6.45) is 4.10. The van der Waals surface area contributed by atoms with Crippen molar-refractivity contribution in [2.24, 2.45) is 5.92 Å². The van der Waals surface area contributed by atoms with E-state index in [4.69, 9.17) is 4.74 Å². The summed E-state index contributed by atoms with van der Waals surface area (Å²) in [5.41, 5.74) is 2.95. The third kappa shape index (κ3) is 4.56. The van der Waals surface area contributed by atoms with E-state index in [9.17, 15) is 10.1 Å². The first-order valence-electron chi connectivity index (χ1n) is 9.95. The van der Waals surface area contributed by atoms with Crippen molar-refractivity contribution in [3.8, 4) is 6.07 Å². The highest BCUT2D eigenvalue weighted by molar-refractivity contribution is 5.70. The van der Waals surface area contributed by atoms with Gasteiger partial charge in [0, 0.05) is 12.4 Å². The lowest BCUT2D eigenvalue weighted by atomic mass is 9.82. The molecule has 1 aliphatic heterocycles. The molecule has 29 heavy (non-hydrogen) atoms. The Morgan fingerprint density at radius 1 is 1.07 bits per heavy atom. The third-order valence-corrected chi connectivity index (χ3v) is 5.21. The Kier molecular flexibility index (Phi) is 5.88. The van der Waals surface area contributed by atoms with Gasteiger partial charge in [0.15, 0.2) is 0 Å².